The van der Waals surface area contributed by atoms with Gasteiger partial charge in [0, 0.05) is 18.2 Å². The molecule has 0 radical (unpaired) electrons. The third-order valence-electron chi connectivity index (χ3n) is 2.96. The van der Waals surface area contributed by atoms with Crippen LogP contribution in [-0.2, 0) is 6.54 Å². The van der Waals surface area contributed by atoms with Crippen molar-refractivity contribution in [2.75, 3.05) is 6.54 Å². The Morgan fingerprint density at radius 2 is 1.95 bits per heavy atom. The molecule has 0 heterocycles. The summed E-state index contributed by atoms with van der Waals surface area (Å²) in [5.74, 6) is 1.26. The second-order valence-corrected chi connectivity index (χ2v) is 5.72. The Kier molecular flexibility index (Phi) is 5.59. The molecule has 4 heteroatoms. The molecule has 0 saturated heterocycles. The van der Waals surface area contributed by atoms with Crippen LogP contribution in [-0.4, -0.2) is 6.54 Å². The Labute approximate surface area is 129 Å². The first kappa shape index (κ1) is 15.8. The standard InChI is InChI=1S/C17H19ClFNO/c1-12(2)10-20-11-13-5-3-4-6-17(13)21-14-7-8-15(18)16(19)9-14/h3-9,12,20H,10-11H2,1-2H3. The van der Waals surface area contributed by atoms with E-state index in [1.165, 1.54) is 12.1 Å². The predicted octanol–water partition coefficient (Wildman–Crippen LogP) is 5.02. The van der Waals surface area contributed by atoms with E-state index in [0.717, 1.165) is 17.9 Å². The van der Waals surface area contributed by atoms with Crippen LogP contribution >= 0.6 is 11.6 Å². The molecule has 0 unspecified atom stereocenters. The first-order valence-corrected chi connectivity index (χ1v) is 7.35. The summed E-state index contributed by atoms with van der Waals surface area (Å²) in [5.41, 5.74) is 1.04. The lowest BCUT2D eigenvalue weighted by molar-refractivity contribution is 0.464. The monoisotopic (exact) mass is 307 g/mol. The van der Waals surface area contributed by atoms with E-state index < -0.39 is 5.82 Å². The van der Waals surface area contributed by atoms with Crippen molar-refractivity contribution in [3.8, 4) is 11.5 Å². The fourth-order valence-electron chi connectivity index (χ4n) is 1.91. The van der Waals surface area contributed by atoms with Crippen molar-refractivity contribution < 1.29 is 9.13 Å². The van der Waals surface area contributed by atoms with Gasteiger partial charge in [-0.3, -0.25) is 0 Å². The van der Waals surface area contributed by atoms with E-state index in [2.05, 4.69) is 19.2 Å². The maximum Gasteiger partial charge on any atom is 0.145 e. The lowest BCUT2D eigenvalue weighted by Crippen LogP contribution is -2.19. The van der Waals surface area contributed by atoms with Crippen molar-refractivity contribution >= 4 is 11.6 Å². The number of ether oxygens (including phenoxy) is 1. The molecular weight excluding hydrogens is 289 g/mol. The van der Waals surface area contributed by atoms with Crippen LogP contribution in [0.15, 0.2) is 42.5 Å². The molecule has 2 aromatic rings. The molecule has 2 rings (SSSR count). The SMILES string of the molecule is CC(C)CNCc1ccccc1Oc1ccc(Cl)c(F)c1. The van der Waals surface area contributed by atoms with Crippen molar-refractivity contribution in [2.45, 2.75) is 20.4 Å². The van der Waals surface area contributed by atoms with Gasteiger partial charge >= 0.3 is 0 Å². The Balaban J connectivity index is 2.10. The fraction of sp³-hybridized carbons (Fsp3) is 0.294. The average Bonchev–Trinajstić information content (AvgIpc) is 2.44. The molecule has 0 aliphatic carbocycles. The fourth-order valence-corrected chi connectivity index (χ4v) is 2.03. The van der Waals surface area contributed by atoms with Gasteiger partial charge in [0.25, 0.3) is 0 Å². The smallest absolute Gasteiger partial charge is 0.145 e. The maximum atomic E-state index is 13.4. The summed E-state index contributed by atoms with van der Waals surface area (Å²) >= 11 is 5.67. The van der Waals surface area contributed by atoms with Crippen LogP contribution < -0.4 is 10.1 Å². The molecule has 2 nitrogen and oxygen atoms in total. The van der Waals surface area contributed by atoms with Crippen LogP contribution in [0.1, 0.15) is 19.4 Å². The third-order valence-corrected chi connectivity index (χ3v) is 3.27. The molecule has 0 fully saturated rings. The van der Waals surface area contributed by atoms with Gasteiger partial charge in [-0.1, -0.05) is 43.6 Å². The highest BCUT2D eigenvalue weighted by molar-refractivity contribution is 6.30. The zero-order chi connectivity index (χ0) is 15.2. The summed E-state index contributed by atoms with van der Waals surface area (Å²) < 4.78 is 19.2. The number of para-hydroxylation sites is 1. The topological polar surface area (TPSA) is 21.3 Å². The highest BCUT2D eigenvalue weighted by Gasteiger charge is 2.07. The number of halogens is 2. The van der Waals surface area contributed by atoms with E-state index in [0.29, 0.717) is 18.2 Å². The molecule has 0 bridgehead atoms. The minimum atomic E-state index is -0.482. The summed E-state index contributed by atoms with van der Waals surface area (Å²) in [5, 5.41) is 3.46. The van der Waals surface area contributed by atoms with Gasteiger partial charge < -0.3 is 10.1 Å². The van der Waals surface area contributed by atoms with Crippen LogP contribution in [0.5, 0.6) is 11.5 Å². The number of nitrogens with one attached hydrogen (secondary N) is 1. The molecule has 21 heavy (non-hydrogen) atoms. The van der Waals surface area contributed by atoms with Gasteiger partial charge in [-0.15, -0.1) is 0 Å². The maximum absolute atomic E-state index is 13.4. The quantitative estimate of drug-likeness (QED) is 0.809. The molecule has 1 N–H and O–H groups in total. The third kappa shape index (κ3) is 4.73. The van der Waals surface area contributed by atoms with E-state index in [9.17, 15) is 4.39 Å². The van der Waals surface area contributed by atoms with Gasteiger partial charge in [-0.05, 0) is 30.7 Å². The number of hydrogen-bond donors (Lipinski definition) is 1. The molecule has 0 saturated carbocycles. The molecule has 0 aromatic heterocycles. The Bertz CT molecular complexity index is 601. The van der Waals surface area contributed by atoms with Gasteiger partial charge in [0.2, 0.25) is 0 Å². The first-order valence-electron chi connectivity index (χ1n) is 6.98. The minimum absolute atomic E-state index is 0.0919. The molecule has 0 aliphatic rings. The van der Waals surface area contributed by atoms with Crippen LogP contribution in [0.25, 0.3) is 0 Å². The van der Waals surface area contributed by atoms with Crippen molar-refractivity contribution in [1.29, 1.82) is 0 Å². The molecule has 0 atom stereocenters. The predicted molar refractivity (Wildman–Crippen MR) is 84.5 cm³/mol. The summed E-state index contributed by atoms with van der Waals surface area (Å²) in [6.07, 6.45) is 0. The molecule has 0 aliphatic heterocycles. The Morgan fingerprint density at radius 3 is 2.67 bits per heavy atom. The highest BCUT2D eigenvalue weighted by Crippen LogP contribution is 2.27. The van der Waals surface area contributed by atoms with E-state index >= 15 is 0 Å². The Morgan fingerprint density at radius 1 is 1.19 bits per heavy atom. The average molecular weight is 308 g/mol. The molecule has 0 spiro atoms. The summed E-state index contributed by atoms with van der Waals surface area (Å²) in [6.45, 7) is 5.96. The van der Waals surface area contributed by atoms with Crippen LogP contribution in [0.2, 0.25) is 5.02 Å². The zero-order valence-electron chi connectivity index (χ0n) is 12.2. The number of rotatable bonds is 6. The first-order chi connectivity index (χ1) is 10.1. The van der Waals surface area contributed by atoms with Gasteiger partial charge in [0.15, 0.2) is 0 Å². The highest BCUT2D eigenvalue weighted by atomic mass is 35.5. The van der Waals surface area contributed by atoms with Crippen molar-refractivity contribution in [1.82, 2.24) is 5.32 Å². The van der Waals surface area contributed by atoms with Crippen molar-refractivity contribution in [2.24, 2.45) is 5.92 Å². The zero-order valence-corrected chi connectivity index (χ0v) is 13.0. The second kappa shape index (κ2) is 7.43. The summed E-state index contributed by atoms with van der Waals surface area (Å²) in [6, 6.07) is 12.2. The summed E-state index contributed by atoms with van der Waals surface area (Å²) in [4.78, 5) is 0. The van der Waals surface area contributed by atoms with Crippen LogP contribution in [0.3, 0.4) is 0 Å². The second-order valence-electron chi connectivity index (χ2n) is 5.31. The lowest BCUT2D eigenvalue weighted by Gasteiger charge is -2.13. The van der Waals surface area contributed by atoms with Crippen LogP contribution in [0, 0.1) is 11.7 Å². The largest absolute Gasteiger partial charge is 0.457 e. The van der Waals surface area contributed by atoms with E-state index in [-0.39, 0.29) is 5.02 Å². The summed E-state index contributed by atoms with van der Waals surface area (Å²) in [7, 11) is 0. The van der Waals surface area contributed by atoms with Crippen LogP contribution in [0.4, 0.5) is 4.39 Å². The molecule has 112 valence electrons. The minimum Gasteiger partial charge on any atom is -0.457 e. The van der Waals surface area contributed by atoms with Gasteiger partial charge in [-0.25, -0.2) is 4.39 Å². The van der Waals surface area contributed by atoms with E-state index in [1.54, 1.807) is 6.07 Å². The molecule has 0 amide bonds. The Hall–Kier alpha value is -1.58. The van der Waals surface area contributed by atoms with E-state index in [4.69, 9.17) is 16.3 Å². The van der Waals surface area contributed by atoms with E-state index in [1.807, 2.05) is 24.3 Å². The normalized spacial score (nSPS) is 10.9. The van der Waals surface area contributed by atoms with Gasteiger partial charge in [-0.2, -0.15) is 0 Å². The van der Waals surface area contributed by atoms with Gasteiger partial charge in [0.05, 0.1) is 5.02 Å². The molecular formula is C17H19ClFNO. The van der Waals surface area contributed by atoms with Crippen molar-refractivity contribution in [3.05, 3.63) is 58.9 Å². The number of hydrogen-bond acceptors (Lipinski definition) is 2. The number of benzene rings is 2. The van der Waals surface area contributed by atoms with Gasteiger partial charge in [0.1, 0.15) is 17.3 Å². The van der Waals surface area contributed by atoms with Crippen molar-refractivity contribution in [3.63, 3.8) is 0 Å². The molecule has 2 aromatic carbocycles. The lowest BCUT2D eigenvalue weighted by atomic mass is 10.2.